The lowest BCUT2D eigenvalue weighted by Crippen LogP contribution is -2.53. The number of benzene rings is 3. The Kier molecular flexibility index (Phi) is 8.90. The Bertz CT molecular complexity index is 1160. The molecule has 1 heterocycles. The SMILES string of the molecule is CCN(CC)C(=O)c1ccc(N(NC(=O)c2ccc(F)cc2)C2CCN(Cc3ccccc3)CC2)cc1. The summed E-state index contributed by atoms with van der Waals surface area (Å²) in [6.45, 7) is 7.94. The maximum absolute atomic E-state index is 13.4. The average Bonchev–Trinajstić information content (AvgIpc) is 2.94. The van der Waals surface area contributed by atoms with Gasteiger partial charge in [0, 0.05) is 43.9 Å². The van der Waals surface area contributed by atoms with Crippen LogP contribution in [0.2, 0.25) is 0 Å². The van der Waals surface area contributed by atoms with Crippen LogP contribution >= 0.6 is 0 Å². The normalized spacial score (nSPS) is 14.2. The van der Waals surface area contributed by atoms with Crippen molar-refractivity contribution in [1.29, 1.82) is 0 Å². The molecule has 2 amide bonds. The van der Waals surface area contributed by atoms with Crippen molar-refractivity contribution in [2.75, 3.05) is 31.2 Å². The second-order valence-electron chi connectivity index (χ2n) is 9.34. The molecule has 0 atom stereocenters. The first-order valence-electron chi connectivity index (χ1n) is 13.0. The lowest BCUT2D eigenvalue weighted by atomic mass is 10.0. The minimum atomic E-state index is -0.382. The molecule has 3 aromatic rings. The van der Waals surface area contributed by atoms with E-state index in [0.717, 1.165) is 38.2 Å². The van der Waals surface area contributed by atoms with Crippen molar-refractivity contribution < 1.29 is 14.0 Å². The molecule has 0 saturated carbocycles. The van der Waals surface area contributed by atoms with Crippen LogP contribution in [-0.2, 0) is 6.54 Å². The molecule has 1 saturated heterocycles. The first-order chi connectivity index (χ1) is 18.0. The molecule has 0 radical (unpaired) electrons. The summed E-state index contributed by atoms with van der Waals surface area (Å²) >= 11 is 0. The molecule has 1 N–H and O–H groups in total. The molecular weight excluding hydrogens is 467 g/mol. The molecule has 4 rings (SSSR count). The minimum absolute atomic E-state index is 0.00679. The summed E-state index contributed by atoms with van der Waals surface area (Å²) in [4.78, 5) is 30.1. The number of hydrazine groups is 1. The van der Waals surface area contributed by atoms with Crippen LogP contribution in [0.3, 0.4) is 0 Å². The average molecular weight is 503 g/mol. The van der Waals surface area contributed by atoms with Gasteiger partial charge in [-0.3, -0.25) is 24.9 Å². The van der Waals surface area contributed by atoms with Gasteiger partial charge in [-0.2, -0.15) is 0 Å². The number of hydrogen-bond donors (Lipinski definition) is 1. The fraction of sp³-hybridized carbons (Fsp3) is 0.333. The van der Waals surface area contributed by atoms with Gasteiger partial charge in [-0.15, -0.1) is 0 Å². The zero-order valence-corrected chi connectivity index (χ0v) is 21.6. The van der Waals surface area contributed by atoms with Gasteiger partial charge in [-0.05, 0) is 80.8 Å². The molecule has 0 aromatic heterocycles. The summed E-state index contributed by atoms with van der Waals surface area (Å²) < 4.78 is 13.4. The molecular formula is C30H35FN4O2. The number of nitrogens with one attached hydrogen (secondary N) is 1. The van der Waals surface area contributed by atoms with Crippen molar-refractivity contribution in [3.05, 3.63) is 101 Å². The van der Waals surface area contributed by atoms with E-state index in [1.54, 1.807) is 4.90 Å². The summed E-state index contributed by atoms with van der Waals surface area (Å²) in [5.41, 5.74) is 6.17. The first-order valence-corrected chi connectivity index (χ1v) is 13.0. The summed E-state index contributed by atoms with van der Waals surface area (Å²) in [6, 6.07) is 23.5. The van der Waals surface area contributed by atoms with Crippen LogP contribution in [-0.4, -0.2) is 53.8 Å². The molecule has 6 nitrogen and oxygen atoms in total. The fourth-order valence-corrected chi connectivity index (χ4v) is 4.78. The second-order valence-corrected chi connectivity index (χ2v) is 9.34. The predicted octanol–water partition coefficient (Wildman–Crippen LogP) is 5.12. The highest BCUT2D eigenvalue weighted by atomic mass is 19.1. The quantitative estimate of drug-likeness (QED) is 0.413. The zero-order chi connectivity index (χ0) is 26.2. The number of hydrogen-bond acceptors (Lipinski definition) is 4. The number of carbonyl (C=O) groups is 2. The molecule has 0 unspecified atom stereocenters. The number of likely N-dealkylation sites (tertiary alicyclic amines) is 1. The van der Waals surface area contributed by atoms with E-state index in [1.807, 2.05) is 49.2 Å². The third-order valence-electron chi connectivity index (χ3n) is 6.94. The third-order valence-corrected chi connectivity index (χ3v) is 6.94. The van der Waals surface area contributed by atoms with Gasteiger partial charge >= 0.3 is 0 Å². The first kappa shape index (κ1) is 26.4. The summed E-state index contributed by atoms with van der Waals surface area (Å²) in [5, 5.41) is 1.91. The lowest BCUT2D eigenvalue weighted by molar-refractivity contribution is 0.0772. The van der Waals surface area contributed by atoms with E-state index in [1.165, 1.54) is 29.8 Å². The Balaban J connectivity index is 1.51. The van der Waals surface area contributed by atoms with E-state index < -0.39 is 0 Å². The number of halogens is 1. The highest BCUT2D eigenvalue weighted by molar-refractivity contribution is 5.96. The van der Waals surface area contributed by atoms with Gasteiger partial charge in [0.15, 0.2) is 0 Å². The van der Waals surface area contributed by atoms with Crippen LogP contribution in [0.25, 0.3) is 0 Å². The molecule has 194 valence electrons. The van der Waals surface area contributed by atoms with Crippen molar-refractivity contribution in [2.24, 2.45) is 0 Å². The molecule has 1 aliphatic rings. The molecule has 1 fully saturated rings. The van der Waals surface area contributed by atoms with Crippen molar-refractivity contribution in [3.63, 3.8) is 0 Å². The van der Waals surface area contributed by atoms with Crippen LogP contribution in [0.5, 0.6) is 0 Å². The molecule has 7 heteroatoms. The maximum Gasteiger partial charge on any atom is 0.269 e. The zero-order valence-electron chi connectivity index (χ0n) is 21.6. The number of carbonyl (C=O) groups excluding carboxylic acids is 2. The van der Waals surface area contributed by atoms with E-state index in [2.05, 4.69) is 34.6 Å². The molecule has 3 aromatic carbocycles. The van der Waals surface area contributed by atoms with Crippen molar-refractivity contribution in [1.82, 2.24) is 15.2 Å². The van der Waals surface area contributed by atoms with E-state index in [0.29, 0.717) is 24.2 Å². The van der Waals surface area contributed by atoms with Gasteiger partial charge in [-0.25, -0.2) is 4.39 Å². The molecule has 0 spiro atoms. The smallest absolute Gasteiger partial charge is 0.269 e. The minimum Gasteiger partial charge on any atom is -0.339 e. The predicted molar refractivity (Wildman–Crippen MR) is 145 cm³/mol. The van der Waals surface area contributed by atoms with Gasteiger partial charge in [-0.1, -0.05) is 30.3 Å². The van der Waals surface area contributed by atoms with E-state index in [4.69, 9.17) is 0 Å². The highest BCUT2D eigenvalue weighted by Crippen LogP contribution is 2.24. The van der Waals surface area contributed by atoms with Crippen LogP contribution in [0.4, 0.5) is 10.1 Å². The maximum atomic E-state index is 13.4. The van der Waals surface area contributed by atoms with Crippen LogP contribution in [0.1, 0.15) is 53.0 Å². The Hall–Kier alpha value is -3.71. The Labute approximate surface area is 218 Å². The van der Waals surface area contributed by atoms with Gasteiger partial charge in [0.25, 0.3) is 11.8 Å². The number of nitrogens with zero attached hydrogens (tertiary/aromatic N) is 3. The van der Waals surface area contributed by atoms with Gasteiger partial charge < -0.3 is 4.90 Å². The molecule has 1 aliphatic heterocycles. The second kappa shape index (κ2) is 12.5. The van der Waals surface area contributed by atoms with Gasteiger partial charge in [0.1, 0.15) is 5.82 Å². The van der Waals surface area contributed by atoms with Crippen LogP contribution < -0.4 is 10.4 Å². The summed E-state index contributed by atoms with van der Waals surface area (Å²) in [7, 11) is 0. The Morgan fingerprint density at radius 2 is 1.46 bits per heavy atom. The van der Waals surface area contributed by atoms with Crippen LogP contribution in [0.15, 0.2) is 78.9 Å². The molecule has 0 bridgehead atoms. The highest BCUT2D eigenvalue weighted by Gasteiger charge is 2.27. The van der Waals surface area contributed by atoms with E-state index >= 15 is 0 Å². The Morgan fingerprint density at radius 3 is 2.05 bits per heavy atom. The Morgan fingerprint density at radius 1 is 0.865 bits per heavy atom. The fourth-order valence-electron chi connectivity index (χ4n) is 4.78. The van der Waals surface area contributed by atoms with E-state index in [-0.39, 0.29) is 23.7 Å². The molecule has 0 aliphatic carbocycles. The summed E-state index contributed by atoms with van der Waals surface area (Å²) in [5.74, 6) is -0.685. The third kappa shape index (κ3) is 6.74. The number of piperidine rings is 1. The monoisotopic (exact) mass is 502 g/mol. The lowest BCUT2D eigenvalue weighted by Gasteiger charge is -2.39. The van der Waals surface area contributed by atoms with Gasteiger partial charge in [0.2, 0.25) is 0 Å². The number of anilines is 1. The van der Waals surface area contributed by atoms with E-state index in [9.17, 15) is 14.0 Å². The van der Waals surface area contributed by atoms with Crippen molar-refractivity contribution >= 4 is 17.5 Å². The van der Waals surface area contributed by atoms with Crippen molar-refractivity contribution in [3.8, 4) is 0 Å². The molecule has 37 heavy (non-hydrogen) atoms. The number of rotatable bonds is 9. The van der Waals surface area contributed by atoms with Gasteiger partial charge in [0.05, 0.1) is 11.7 Å². The number of amides is 2. The van der Waals surface area contributed by atoms with Crippen LogP contribution in [0, 0.1) is 5.82 Å². The summed E-state index contributed by atoms with van der Waals surface area (Å²) in [6.07, 6.45) is 1.74. The standard InChI is InChI=1S/C30H35FN4O2/c1-3-34(4-2)30(37)25-12-16-27(17-13-25)35(32-29(36)24-10-14-26(31)15-11-24)28-18-20-33(21-19-28)22-23-8-6-5-7-9-23/h5-17,28H,3-4,18-22H2,1-2H3,(H,32,36). The largest absolute Gasteiger partial charge is 0.339 e. The van der Waals surface area contributed by atoms with Crippen molar-refractivity contribution in [2.45, 2.75) is 39.3 Å². The topological polar surface area (TPSA) is 55.9 Å².